The van der Waals surface area contributed by atoms with Gasteiger partial charge in [-0.3, -0.25) is 4.79 Å². The normalized spacial score (nSPS) is 12.0. The predicted octanol–water partition coefficient (Wildman–Crippen LogP) is 3.98. The first kappa shape index (κ1) is 15.4. The van der Waals surface area contributed by atoms with Crippen LogP contribution >= 0.6 is 11.6 Å². The Balaban J connectivity index is 2.04. The van der Waals surface area contributed by atoms with E-state index in [1.165, 1.54) is 13.0 Å². The van der Waals surface area contributed by atoms with E-state index < -0.39 is 22.9 Å². The van der Waals surface area contributed by atoms with Crippen molar-refractivity contribution in [3.8, 4) is 0 Å². The zero-order valence-electron chi connectivity index (χ0n) is 11.4. The van der Waals surface area contributed by atoms with Gasteiger partial charge < -0.3 is 5.32 Å². The highest BCUT2D eigenvalue weighted by Crippen LogP contribution is 2.19. The van der Waals surface area contributed by atoms with Crippen LogP contribution in [-0.2, 0) is 0 Å². The minimum Gasteiger partial charge on any atom is -0.350 e. The van der Waals surface area contributed by atoms with Gasteiger partial charge in [-0.15, -0.1) is 11.6 Å². The van der Waals surface area contributed by atoms with E-state index in [0.29, 0.717) is 6.07 Å². The molecular weight excluding hydrogens is 296 g/mol. The smallest absolute Gasteiger partial charge is 0.254 e. The Kier molecular flexibility index (Phi) is 4.91. The van der Waals surface area contributed by atoms with Crippen LogP contribution in [0.4, 0.5) is 8.78 Å². The lowest BCUT2D eigenvalue weighted by Crippen LogP contribution is -2.27. The van der Waals surface area contributed by atoms with Crippen molar-refractivity contribution in [1.82, 2.24) is 5.32 Å². The monoisotopic (exact) mass is 309 g/mol. The number of aryl methyl sites for hydroxylation is 1. The summed E-state index contributed by atoms with van der Waals surface area (Å²) < 4.78 is 26.8. The van der Waals surface area contributed by atoms with Gasteiger partial charge in [0.2, 0.25) is 0 Å². The number of halogens is 3. The van der Waals surface area contributed by atoms with Gasteiger partial charge in [0.25, 0.3) is 5.91 Å². The molecule has 5 heteroatoms. The van der Waals surface area contributed by atoms with Crippen molar-refractivity contribution in [1.29, 1.82) is 0 Å². The molecule has 0 spiro atoms. The van der Waals surface area contributed by atoms with Crippen molar-refractivity contribution in [3.63, 3.8) is 0 Å². The largest absolute Gasteiger partial charge is 0.350 e. The quantitative estimate of drug-likeness (QED) is 0.850. The van der Waals surface area contributed by atoms with Crippen molar-refractivity contribution in [2.75, 3.05) is 6.54 Å². The van der Waals surface area contributed by atoms with Crippen LogP contribution < -0.4 is 5.32 Å². The van der Waals surface area contributed by atoms with Gasteiger partial charge in [-0.25, -0.2) is 8.78 Å². The number of hydrogen-bond donors (Lipinski definition) is 1. The van der Waals surface area contributed by atoms with Crippen LogP contribution in [-0.4, -0.2) is 12.5 Å². The Bertz CT molecular complexity index is 646. The summed E-state index contributed by atoms with van der Waals surface area (Å²) in [7, 11) is 0. The lowest BCUT2D eigenvalue weighted by molar-refractivity contribution is 0.0949. The van der Waals surface area contributed by atoms with Gasteiger partial charge >= 0.3 is 0 Å². The molecule has 21 heavy (non-hydrogen) atoms. The van der Waals surface area contributed by atoms with Gasteiger partial charge in [-0.2, -0.15) is 0 Å². The van der Waals surface area contributed by atoms with E-state index in [4.69, 9.17) is 11.6 Å². The van der Waals surface area contributed by atoms with E-state index >= 15 is 0 Å². The minimum atomic E-state index is -0.888. The fourth-order valence-electron chi connectivity index (χ4n) is 1.89. The number of amides is 1. The first-order valence-electron chi connectivity index (χ1n) is 6.42. The highest BCUT2D eigenvalue weighted by atomic mass is 35.5. The summed E-state index contributed by atoms with van der Waals surface area (Å²) in [5.41, 5.74) is 0.882. The molecule has 110 valence electrons. The second-order valence-corrected chi connectivity index (χ2v) is 5.20. The number of hydrogen-bond acceptors (Lipinski definition) is 1. The number of benzene rings is 2. The summed E-state index contributed by atoms with van der Waals surface area (Å²) in [6.45, 7) is 1.63. The summed E-state index contributed by atoms with van der Waals surface area (Å²) in [6, 6.07) is 11.1. The Hall–Kier alpha value is -1.94. The molecule has 0 bridgehead atoms. The first-order valence-corrected chi connectivity index (χ1v) is 6.85. The van der Waals surface area contributed by atoms with E-state index in [9.17, 15) is 13.6 Å². The highest BCUT2D eigenvalue weighted by molar-refractivity contribution is 6.21. The third-order valence-electron chi connectivity index (χ3n) is 3.10. The molecule has 0 aromatic heterocycles. The van der Waals surface area contributed by atoms with Crippen molar-refractivity contribution in [3.05, 3.63) is 70.8 Å². The van der Waals surface area contributed by atoms with Crippen LogP contribution in [0.3, 0.4) is 0 Å². The van der Waals surface area contributed by atoms with Crippen molar-refractivity contribution in [2.24, 2.45) is 0 Å². The van der Waals surface area contributed by atoms with Crippen molar-refractivity contribution in [2.45, 2.75) is 12.3 Å². The fraction of sp³-hybridized carbons (Fsp3) is 0.188. The number of carbonyl (C=O) groups excluding carboxylic acids is 1. The maximum absolute atomic E-state index is 13.6. The van der Waals surface area contributed by atoms with E-state index in [1.54, 1.807) is 0 Å². The zero-order chi connectivity index (χ0) is 15.4. The van der Waals surface area contributed by atoms with Crippen LogP contribution in [0.25, 0.3) is 0 Å². The Morgan fingerprint density at radius 3 is 2.52 bits per heavy atom. The van der Waals surface area contributed by atoms with E-state index in [2.05, 4.69) is 5.32 Å². The Morgan fingerprint density at radius 1 is 1.19 bits per heavy atom. The number of carbonyl (C=O) groups is 1. The van der Waals surface area contributed by atoms with Crippen molar-refractivity contribution >= 4 is 17.5 Å². The van der Waals surface area contributed by atoms with Gasteiger partial charge in [-0.05, 0) is 24.1 Å². The standard InChI is InChI=1S/C16H14ClF2NO/c1-10-7-12(15(19)8-14(10)18)16(21)20-9-13(17)11-5-3-2-4-6-11/h2-8,13H,9H2,1H3,(H,20,21). The third-order valence-corrected chi connectivity index (χ3v) is 3.50. The number of rotatable bonds is 4. The molecule has 1 unspecified atom stereocenters. The van der Waals surface area contributed by atoms with E-state index in [0.717, 1.165) is 5.56 Å². The highest BCUT2D eigenvalue weighted by Gasteiger charge is 2.16. The van der Waals surface area contributed by atoms with Gasteiger partial charge in [0.15, 0.2) is 0 Å². The van der Waals surface area contributed by atoms with Crippen LogP contribution in [0.15, 0.2) is 42.5 Å². The summed E-state index contributed by atoms with van der Waals surface area (Å²) >= 11 is 6.17. The SMILES string of the molecule is Cc1cc(C(=O)NCC(Cl)c2ccccc2)c(F)cc1F. The zero-order valence-corrected chi connectivity index (χ0v) is 12.1. The molecule has 0 heterocycles. The molecule has 2 aromatic rings. The van der Waals surface area contributed by atoms with Gasteiger partial charge in [0.05, 0.1) is 10.9 Å². The molecular formula is C16H14ClF2NO. The van der Waals surface area contributed by atoms with E-state index in [1.807, 2.05) is 30.3 Å². The average Bonchev–Trinajstić information content (AvgIpc) is 2.49. The summed E-state index contributed by atoms with van der Waals surface area (Å²) in [5, 5.41) is 2.13. The molecule has 0 saturated carbocycles. The van der Waals surface area contributed by atoms with Crippen LogP contribution in [0.5, 0.6) is 0 Å². The molecule has 2 aromatic carbocycles. The van der Waals surface area contributed by atoms with Crippen LogP contribution in [0, 0.1) is 18.6 Å². The molecule has 0 radical (unpaired) electrons. The summed E-state index contributed by atoms with van der Waals surface area (Å²) in [6.07, 6.45) is 0. The first-order chi connectivity index (χ1) is 9.99. The maximum atomic E-state index is 13.6. The molecule has 1 atom stereocenters. The third kappa shape index (κ3) is 3.79. The predicted molar refractivity (Wildman–Crippen MR) is 78.5 cm³/mol. The maximum Gasteiger partial charge on any atom is 0.254 e. The van der Waals surface area contributed by atoms with Crippen LogP contribution in [0.1, 0.15) is 26.9 Å². The number of alkyl halides is 1. The van der Waals surface area contributed by atoms with E-state index in [-0.39, 0.29) is 17.7 Å². The van der Waals surface area contributed by atoms with Crippen LogP contribution in [0.2, 0.25) is 0 Å². The fourth-order valence-corrected chi connectivity index (χ4v) is 2.11. The lowest BCUT2D eigenvalue weighted by Gasteiger charge is -2.12. The Labute approximate surface area is 126 Å². The number of nitrogens with one attached hydrogen (secondary N) is 1. The molecule has 1 N–H and O–H groups in total. The van der Waals surface area contributed by atoms with Gasteiger partial charge in [-0.1, -0.05) is 30.3 Å². The average molecular weight is 310 g/mol. The molecule has 0 aliphatic heterocycles. The van der Waals surface area contributed by atoms with Crippen molar-refractivity contribution < 1.29 is 13.6 Å². The molecule has 1 amide bonds. The molecule has 0 saturated heterocycles. The van der Waals surface area contributed by atoms with Gasteiger partial charge in [0.1, 0.15) is 11.6 Å². The molecule has 0 aliphatic rings. The lowest BCUT2D eigenvalue weighted by atomic mass is 10.1. The molecule has 0 aliphatic carbocycles. The second kappa shape index (κ2) is 6.68. The summed E-state index contributed by atoms with van der Waals surface area (Å²) in [4.78, 5) is 11.9. The molecule has 2 rings (SSSR count). The summed E-state index contributed by atoms with van der Waals surface area (Å²) in [5.74, 6) is -2.18. The topological polar surface area (TPSA) is 29.1 Å². The second-order valence-electron chi connectivity index (χ2n) is 4.67. The van der Waals surface area contributed by atoms with Gasteiger partial charge in [0, 0.05) is 12.6 Å². The minimum absolute atomic E-state index is 0.153. The molecule has 0 fully saturated rings. The molecule has 2 nitrogen and oxygen atoms in total. The Morgan fingerprint density at radius 2 is 1.86 bits per heavy atom.